The Bertz CT molecular complexity index is 493. The number of carbonyl (C=O) groups excluding carboxylic acids is 1. The van der Waals surface area contributed by atoms with Gasteiger partial charge >= 0.3 is 0 Å². The Morgan fingerprint density at radius 3 is 2.37 bits per heavy atom. The van der Waals surface area contributed by atoms with Gasteiger partial charge in [-0.25, -0.2) is 0 Å². The van der Waals surface area contributed by atoms with Crippen LogP contribution in [0, 0.1) is 5.41 Å². The van der Waals surface area contributed by atoms with Gasteiger partial charge < -0.3 is 20.3 Å². The third-order valence-electron chi connectivity index (χ3n) is 5.68. The number of hydrogen-bond acceptors (Lipinski definition) is 4. The smallest absolute Gasteiger partial charge is 0.230 e. The number of nitrogens with one attached hydrogen (secondary N) is 2. The highest BCUT2D eigenvalue weighted by atomic mass is 16.5. The molecular formula is C20H39N5O2. The Kier molecular flexibility index (Phi) is 8.35. The largest absolute Gasteiger partial charge is 0.373 e. The molecule has 2 unspecified atom stereocenters. The van der Waals surface area contributed by atoms with Gasteiger partial charge in [0.25, 0.3) is 0 Å². The van der Waals surface area contributed by atoms with E-state index < -0.39 is 0 Å². The van der Waals surface area contributed by atoms with E-state index >= 15 is 0 Å². The van der Waals surface area contributed by atoms with E-state index in [0.29, 0.717) is 18.8 Å². The summed E-state index contributed by atoms with van der Waals surface area (Å²) < 4.78 is 5.79. The molecule has 2 fully saturated rings. The van der Waals surface area contributed by atoms with E-state index in [1.54, 1.807) is 11.9 Å². The number of guanidine groups is 1. The zero-order chi connectivity index (χ0) is 19.9. The van der Waals surface area contributed by atoms with E-state index in [-0.39, 0.29) is 11.3 Å². The summed E-state index contributed by atoms with van der Waals surface area (Å²) in [4.78, 5) is 21.2. The predicted molar refractivity (Wildman–Crippen MR) is 110 cm³/mol. The van der Waals surface area contributed by atoms with Crippen LogP contribution in [0.1, 0.15) is 46.0 Å². The van der Waals surface area contributed by atoms with Crippen molar-refractivity contribution in [2.45, 2.75) is 58.2 Å². The summed E-state index contributed by atoms with van der Waals surface area (Å²) in [5, 5.41) is 6.80. The second-order valence-electron chi connectivity index (χ2n) is 8.41. The zero-order valence-corrected chi connectivity index (χ0v) is 17.9. The highest BCUT2D eigenvalue weighted by molar-refractivity contribution is 5.85. The fraction of sp³-hybridized carbons (Fsp3) is 0.900. The summed E-state index contributed by atoms with van der Waals surface area (Å²) in [6.45, 7) is 8.88. The van der Waals surface area contributed by atoms with E-state index in [9.17, 15) is 4.79 Å². The maximum Gasteiger partial charge on any atom is 0.230 e. The van der Waals surface area contributed by atoms with E-state index in [1.165, 1.54) is 0 Å². The summed E-state index contributed by atoms with van der Waals surface area (Å²) in [5.41, 5.74) is -0.277. The van der Waals surface area contributed by atoms with Gasteiger partial charge in [0.15, 0.2) is 5.96 Å². The molecule has 2 N–H and O–H groups in total. The van der Waals surface area contributed by atoms with Crippen molar-refractivity contribution in [3.8, 4) is 0 Å². The minimum atomic E-state index is -0.277. The molecule has 1 saturated carbocycles. The van der Waals surface area contributed by atoms with Crippen LogP contribution in [0.3, 0.4) is 0 Å². The summed E-state index contributed by atoms with van der Waals surface area (Å²) in [6, 6.07) is 0. The Hall–Kier alpha value is -1.34. The van der Waals surface area contributed by atoms with Crippen LogP contribution in [-0.2, 0) is 9.53 Å². The number of rotatable bonds is 7. The van der Waals surface area contributed by atoms with Crippen molar-refractivity contribution in [1.82, 2.24) is 20.4 Å². The van der Waals surface area contributed by atoms with E-state index in [1.807, 2.05) is 14.1 Å². The monoisotopic (exact) mass is 381 g/mol. The van der Waals surface area contributed by atoms with Crippen molar-refractivity contribution in [3.63, 3.8) is 0 Å². The summed E-state index contributed by atoms with van der Waals surface area (Å²) >= 11 is 0. The fourth-order valence-electron chi connectivity index (χ4n) is 4.44. The van der Waals surface area contributed by atoms with Crippen LogP contribution >= 0.6 is 0 Å². The Morgan fingerprint density at radius 1 is 1.19 bits per heavy atom. The normalized spacial score (nSPS) is 26.0. The molecule has 2 aliphatic rings. The Morgan fingerprint density at radius 2 is 1.81 bits per heavy atom. The maximum absolute atomic E-state index is 12.7. The average Bonchev–Trinajstić information content (AvgIpc) is 3.09. The number of carbonyl (C=O) groups is 1. The molecule has 0 aromatic rings. The van der Waals surface area contributed by atoms with E-state index in [2.05, 4.69) is 34.4 Å². The standard InChI is InChI=1S/C20H39N5O2/c1-16-13-25(14-17(2)27-16)12-8-11-22-19(21-3)23-15-20(9-6-7-10-20)18(26)24(4)5/h16-17H,6-15H2,1-5H3,(H2,21,22,23). The van der Waals surface area contributed by atoms with Gasteiger partial charge in [-0.2, -0.15) is 0 Å². The van der Waals surface area contributed by atoms with Crippen LogP contribution < -0.4 is 10.6 Å². The first kappa shape index (κ1) is 22.0. The van der Waals surface area contributed by atoms with Crippen molar-refractivity contribution >= 4 is 11.9 Å². The van der Waals surface area contributed by atoms with Gasteiger partial charge in [0.2, 0.25) is 5.91 Å². The van der Waals surface area contributed by atoms with Gasteiger partial charge in [-0.3, -0.25) is 14.7 Å². The maximum atomic E-state index is 12.7. The molecule has 0 spiro atoms. The summed E-state index contributed by atoms with van der Waals surface area (Å²) in [7, 11) is 5.49. The first-order valence-corrected chi connectivity index (χ1v) is 10.4. The number of hydrogen-bond donors (Lipinski definition) is 2. The lowest BCUT2D eigenvalue weighted by Crippen LogP contribution is -2.49. The molecule has 1 aliphatic carbocycles. The molecule has 7 nitrogen and oxygen atoms in total. The highest BCUT2D eigenvalue weighted by Gasteiger charge is 2.42. The SMILES string of the molecule is CN=C(NCCCN1CC(C)OC(C)C1)NCC1(C(=O)N(C)C)CCCC1. The highest BCUT2D eigenvalue weighted by Crippen LogP contribution is 2.38. The lowest BCUT2D eigenvalue weighted by molar-refractivity contribution is -0.138. The summed E-state index contributed by atoms with van der Waals surface area (Å²) in [6.07, 6.45) is 5.86. The molecule has 1 heterocycles. The van der Waals surface area contributed by atoms with Gasteiger partial charge in [0, 0.05) is 53.9 Å². The van der Waals surface area contributed by atoms with Crippen molar-refractivity contribution in [2.75, 3.05) is 53.9 Å². The lowest BCUT2D eigenvalue weighted by atomic mass is 9.84. The molecular weight excluding hydrogens is 342 g/mol. The second kappa shape index (κ2) is 10.3. The van der Waals surface area contributed by atoms with Crippen LogP contribution in [0.15, 0.2) is 4.99 Å². The van der Waals surface area contributed by atoms with Crippen LogP contribution in [0.5, 0.6) is 0 Å². The summed E-state index contributed by atoms with van der Waals surface area (Å²) in [5.74, 6) is 1.02. The minimum absolute atomic E-state index is 0.235. The van der Waals surface area contributed by atoms with E-state index in [0.717, 1.165) is 64.2 Å². The van der Waals surface area contributed by atoms with Gasteiger partial charge in [-0.1, -0.05) is 12.8 Å². The number of morpholine rings is 1. The third kappa shape index (κ3) is 6.35. The van der Waals surface area contributed by atoms with Crippen molar-refractivity contribution in [2.24, 2.45) is 10.4 Å². The van der Waals surface area contributed by atoms with Crippen molar-refractivity contribution in [1.29, 1.82) is 0 Å². The quantitative estimate of drug-likeness (QED) is 0.395. The van der Waals surface area contributed by atoms with Crippen LogP contribution in [-0.4, -0.2) is 87.7 Å². The minimum Gasteiger partial charge on any atom is -0.373 e. The average molecular weight is 382 g/mol. The van der Waals surface area contributed by atoms with E-state index in [4.69, 9.17) is 4.74 Å². The van der Waals surface area contributed by atoms with Gasteiger partial charge in [-0.15, -0.1) is 0 Å². The molecule has 0 bridgehead atoms. The first-order chi connectivity index (χ1) is 12.9. The van der Waals surface area contributed by atoms with Crippen molar-refractivity contribution in [3.05, 3.63) is 0 Å². The van der Waals surface area contributed by atoms with Crippen LogP contribution in [0.4, 0.5) is 0 Å². The lowest BCUT2D eigenvalue weighted by Gasteiger charge is -2.35. The topological polar surface area (TPSA) is 69.2 Å². The molecule has 27 heavy (non-hydrogen) atoms. The van der Waals surface area contributed by atoms with Crippen LogP contribution in [0.2, 0.25) is 0 Å². The molecule has 1 aliphatic heterocycles. The van der Waals surface area contributed by atoms with Gasteiger partial charge in [0.1, 0.15) is 0 Å². The molecule has 7 heteroatoms. The number of amides is 1. The number of nitrogens with zero attached hydrogens (tertiary/aromatic N) is 3. The molecule has 2 atom stereocenters. The van der Waals surface area contributed by atoms with Crippen molar-refractivity contribution < 1.29 is 9.53 Å². The molecule has 2 rings (SSSR count). The molecule has 0 radical (unpaired) electrons. The number of ether oxygens (including phenoxy) is 1. The Balaban J connectivity index is 1.73. The van der Waals surface area contributed by atoms with Gasteiger partial charge in [0.05, 0.1) is 17.6 Å². The Labute approximate surface area is 164 Å². The second-order valence-corrected chi connectivity index (χ2v) is 8.41. The molecule has 0 aromatic heterocycles. The predicted octanol–water partition coefficient (Wildman–Crippen LogP) is 1.30. The first-order valence-electron chi connectivity index (χ1n) is 10.4. The fourth-order valence-corrected chi connectivity index (χ4v) is 4.44. The zero-order valence-electron chi connectivity index (χ0n) is 17.9. The van der Waals surface area contributed by atoms with Crippen LogP contribution in [0.25, 0.3) is 0 Å². The van der Waals surface area contributed by atoms with Gasteiger partial charge in [-0.05, 0) is 33.1 Å². The molecule has 156 valence electrons. The third-order valence-corrected chi connectivity index (χ3v) is 5.68. The molecule has 0 aromatic carbocycles. The molecule has 1 amide bonds. The molecule has 1 saturated heterocycles. The number of aliphatic imine (C=N–C) groups is 1.